The molecule has 1 aliphatic heterocycles. The maximum Gasteiger partial charge on any atom is 0.337 e. The zero-order chi connectivity index (χ0) is 15.8. The summed E-state index contributed by atoms with van der Waals surface area (Å²) in [4.78, 5) is 18.4. The van der Waals surface area contributed by atoms with E-state index in [0.717, 1.165) is 36.4 Å². The van der Waals surface area contributed by atoms with E-state index in [1.165, 1.54) is 12.8 Å². The van der Waals surface area contributed by atoms with Gasteiger partial charge in [-0.05, 0) is 18.2 Å². The van der Waals surface area contributed by atoms with E-state index in [1.54, 1.807) is 12.3 Å². The van der Waals surface area contributed by atoms with Crippen LogP contribution in [0.1, 0.15) is 21.6 Å². The predicted molar refractivity (Wildman–Crippen MR) is 85.5 cm³/mol. The van der Waals surface area contributed by atoms with E-state index < -0.39 is 0 Å². The highest BCUT2D eigenvalue weighted by Gasteiger charge is 2.20. The van der Waals surface area contributed by atoms with Crippen molar-refractivity contribution in [2.75, 3.05) is 18.6 Å². The van der Waals surface area contributed by atoms with Gasteiger partial charge in [0, 0.05) is 43.0 Å². The van der Waals surface area contributed by atoms with Gasteiger partial charge in [0.25, 0.3) is 0 Å². The van der Waals surface area contributed by atoms with Crippen LogP contribution in [0.3, 0.4) is 0 Å². The number of hydrogen-bond acceptors (Lipinski definition) is 5. The highest BCUT2D eigenvalue weighted by Crippen LogP contribution is 2.25. The lowest BCUT2D eigenvalue weighted by Gasteiger charge is -2.30. The van der Waals surface area contributed by atoms with Crippen LogP contribution in [-0.4, -0.2) is 34.2 Å². The summed E-state index contributed by atoms with van der Waals surface area (Å²) in [7, 11) is 1.40. The van der Waals surface area contributed by atoms with Crippen molar-refractivity contribution in [3.8, 4) is 0 Å². The Morgan fingerprint density at radius 2 is 2.22 bits per heavy atom. The van der Waals surface area contributed by atoms with Gasteiger partial charge >= 0.3 is 5.97 Å². The number of methoxy groups -OCH3 is 1. The van der Waals surface area contributed by atoms with E-state index in [-0.39, 0.29) is 5.97 Å². The Hall–Kier alpha value is -2.89. The van der Waals surface area contributed by atoms with Crippen LogP contribution in [-0.2, 0) is 17.7 Å². The molecule has 2 aromatic heterocycles. The molecule has 3 aromatic rings. The Labute approximate surface area is 133 Å². The third-order valence-corrected chi connectivity index (χ3v) is 4.21. The van der Waals surface area contributed by atoms with Crippen LogP contribution in [0.4, 0.5) is 5.69 Å². The van der Waals surface area contributed by atoms with Crippen molar-refractivity contribution in [2.45, 2.75) is 13.0 Å². The van der Waals surface area contributed by atoms with Crippen molar-refractivity contribution in [3.63, 3.8) is 0 Å². The summed E-state index contributed by atoms with van der Waals surface area (Å²) in [6.07, 6.45) is 4.58. The standard InChI is InChI=1S/C17H16N4O2/c1-23-17(22)12-3-2-4-14(9-12)20-8-6-15-13(11-20)10-18-16-5-7-19-21(15)16/h2-5,7,9-10H,6,8,11H2,1H3. The van der Waals surface area contributed by atoms with Crippen molar-refractivity contribution in [2.24, 2.45) is 0 Å². The highest BCUT2D eigenvalue weighted by atomic mass is 16.5. The molecule has 0 saturated carbocycles. The third-order valence-electron chi connectivity index (χ3n) is 4.21. The molecule has 23 heavy (non-hydrogen) atoms. The number of esters is 1. The molecule has 0 N–H and O–H groups in total. The molecule has 6 nitrogen and oxygen atoms in total. The van der Waals surface area contributed by atoms with Gasteiger partial charge in [0.15, 0.2) is 5.65 Å². The van der Waals surface area contributed by atoms with E-state index in [4.69, 9.17) is 4.74 Å². The molecule has 6 heteroatoms. The average molecular weight is 308 g/mol. The molecule has 0 radical (unpaired) electrons. The Kier molecular flexibility index (Phi) is 3.22. The van der Waals surface area contributed by atoms with Crippen LogP contribution in [0.15, 0.2) is 42.7 Å². The summed E-state index contributed by atoms with van der Waals surface area (Å²) in [5.74, 6) is -0.316. The van der Waals surface area contributed by atoms with Crippen LogP contribution >= 0.6 is 0 Å². The minimum absolute atomic E-state index is 0.316. The number of carbonyl (C=O) groups is 1. The SMILES string of the molecule is COC(=O)c1cccc(N2CCc3c(cnc4ccnn34)C2)c1. The van der Waals surface area contributed by atoms with Gasteiger partial charge in [0.2, 0.25) is 0 Å². The Bertz CT molecular complexity index is 887. The average Bonchev–Trinajstić information content (AvgIpc) is 3.09. The monoisotopic (exact) mass is 308 g/mol. The van der Waals surface area contributed by atoms with Gasteiger partial charge in [-0.1, -0.05) is 6.07 Å². The first-order chi connectivity index (χ1) is 11.3. The molecule has 0 amide bonds. The lowest BCUT2D eigenvalue weighted by atomic mass is 10.1. The summed E-state index contributed by atoms with van der Waals surface area (Å²) in [5, 5.41) is 4.35. The molecule has 3 heterocycles. The maximum atomic E-state index is 11.7. The molecular formula is C17H16N4O2. The predicted octanol–water partition coefficient (Wildman–Crippen LogP) is 2.08. The molecule has 0 unspecified atom stereocenters. The number of ether oxygens (including phenoxy) is 1. The first-order valence-electron chi connectivity index (χ1n) is 7.50. The molecule has 0 spiro atoms. The number of anilines is 1. The van der Waals surface area contributed by atoms with E-state index >= 15 is 0 Å². The lowest BCUT2D eigenvalue weighted by Crippen LogP contribution is -2.32. The van der Waals surface area contributed by atoms with Gasteiger partial charge in [-0.25, -0.2) is 14.3 Å². The lowest BCUT2D eigenvalue weighted by molar-refractivity contribution is 0.0601. The second-order valence-electron chi connectivity index (χ2n) is 5.54. The third kappa shape index (κ3) is 2.32. The van der Waals surface area contributed by atoms with Crippen molar-refractivity contribution in [3.05, 3.63) is 59.5 Å². The molecule has 4 rings (SSSR count). The van der Waals surface area contributed by atoms with Crippen LogP contribution < -0.4 is 4.90 Å². The number of fused-ring (bicyclic) bond motifs is 3. The van der Waals surface area contributed by atoms with E-state index in [9.17, 15) is 4.79 Å². The molecule has 0 aliphatic carbocycles. The topological polar surface area (TPSA) is 59.7 Å². The van der Waals surface area contributed by atoms with Crippen molar-refractivity contribution in [1.29, 1.82) is 0 Å². The zero-order valence-corrected chi connectivity index (χ0v) is 12.8. The second kappa shape index (κ2) is 5.39. The van der Waals surface area contributed by atoms with E-state index in [0.29, 0.717) is 5.56 Å². The van der Waals surface area contributed by atoms with Gasteiger partial charge in [-0.2, -0.15) is 5.10 Å². The van der Waals surface area contributed by atoms with Crippen LogP contribution in [0.5, 0.6) is 0 Å². The number of aromatic nitrogens is 3. The first-order valence-corrected chi connectivity index (χ1v) is 7.50. The number of rotatable bonds is 2. The molecule has 1 aliphatic rings. The molecule has 0 bridgehead atoms. The smallest absolute Gasteiger partial charge is 0.337 e. The van der Waals surface area contributed by atoms with E-state index in [1.807, 2.05) is 35.0 Å². The molecular weight excluding hydrogens is 292 g/mol. The number of carbonyl (C=O) groups excluding carboxylic acids is 1. The minimum atomic E-state index is -0.316. The number of benzene rings is 1. The Balaban J connectivity index is 1.66. The minimum Gasteiger partial charge on any atom is -0.465 e. The highest BCUT2D eigenvalue weighted by molar-refractivity contribution is 5.90. The molecule has 0 fully saturated rings. The fraction of sp³-hybridized carbons (Fsp3) is 0.235. The van der Waals surface area contributed by atoms with Crippen LogP contribution in [0.25, 0.3) is 5.65 Å². The van der Waals surface area contributed by atoms with Crippen molar-refractivity contribution >= 4 is 17.3 Å². The van der Waals surface area contributed by atoms with Gasteiger partial charge in [0.1, 0.15) is 0 Å². The molecule has 1 aromatic carbocycles. The fourth-order valence-corrected chi connectivity index (χ4v) is 3.05. The quantitative estimate of drug-likeness (QED) is 0.678. The zero-order valence-electron chi connectivity index (χ0n) is 12.8. The summed E-state index contributed by atoms with van der Waals surface area (Å²) in [5.41, 5.74) is 4.83. The van der Waals surface area contributed by atoms with E-state index in [2.05, 4.69) is 15.0 Å². The summed E-state index contributed by atoms with van der Waals surface area (Å²) >= 11 is 0. The van der Waals surface area contributed by atoms with Gasteiger partial charge in [-0.15, -0.1) is 0 Å². The first kappa shape index (κ1) is 13.8. The summed E-state index contributed by atoms with van der Waals surface area (Å²) in [6, 6.07) is 9.44. The van der Waals surface area contributed by atoms with Crippen molar-refractivity contribution < 1.29 is 9.53 Å². The molecule has 0 atom stereocenters. The number of nitrogens with zero attached hydrogens (tertiary/aromatic N) is 4. The van der Waals surface area contributed by atoms with Gasteiger partial charge in [-0.3, -0.25) is 0 Å². The van der Waals surface area contributed by atoms with Crippen LogP contribution in [0.2, 0.25) is 0 Å². The fourth-order valence-electron chi connectivity index (χ4n) is 3.05. The summed E-state index contributed by atoms with van der Waals surface area (Å²) < 4.78 is 6.71. The van der Waals surface area contributed by atoms with Crippen LogP contribution in [0, 0.1) is 0 Å². The normalized spacial score (nSPS) is 13.9. The Morgan fingerprint density at radius 1 is 1.30 bits per heavy atom. The van der Waals surface area contributed by atoms with Crippen molar-refractivity contribution in [1.82, 2.24) is 14.6 Å². The molecule has 116 valence electrons. The largest absolute Gasteiger partial charge is 0.465 e. The second-order valence-corrected chi connectivity index (χ2v) is 5.54. The van der Waals surface area contributed by atoms with Gasteiger partial charge < -0.3 is 9.64 Å². The number of hydrogen-bond donors (Lipinski definition) is 0. The molecule has 0 saturated heterocycles. The Morgan fingerprint density at radius 3 is 3.09 bits per heavy atom. The van der Waals surface area contributed by atoms with Gasteiger partial charge in [0.05, 0.1) is 24.6 Å². The maximum absolute atomic E-state index is 11.7. The summed E-state index contributed by atoms with van der Waals surface area (Å²) in [6.45, 7) is 1.62.